The van der Waals surface area contributed by atoms with E-state index in [4.69, 9.17) is 4.74 Å². The zero-order chi connectivity index (χ0) is 25.8. The second kappa shape index (κ2) is 11.2. The maximum absolute atomic E-state index is 13.2. The zero-order valence-electron chi connectivity index (χ0n) is 21.6. The maximum Gasteiger partial charge on any atom is 0.251 e. The maximum atomic E-state index is 13.2. The summed E-state index contributed by atoms with van der Waals surface area (Å²) in [5.74, 6) is 1.14. The largest absolute Gasteiger partial charge is 0.455 e. The molecule has 2 fully saturated rings. The van der Waals surface area contributed by atoms with Crippen molar-refractivity contribution in [1.82, 2.24) is 10.2 Å². The van der Waals surface area contributed by atoms with Gasteiger partial charge in [-0.05, 0) is 99.1 Å². The second-order valence-electron chi connectivity index (χ2n) is 10.2. The third-order valence-corrected chi connectivity index (χ3v) is 7.47. The summed E-state index contributed by atoms with van der Waals surface area (Å²) >= 11 is 0. The first-order valence-electron chi connectivity index (χ1n) is 13.2. The highest BCUT2D eigenvalue weighted by atomic mass is 16.5. The first kappa shape index (κ1) is 25.0. The Hall–Kier alpha value is -3.64. The number of aryl methyl sites for hydroxylation is 2. The van der Waals surface area contributed by atoms with Gasteiger partial charge < -0.3 is 20.3 Å². The number of hydrogen-bond donors (Lipinski definition) is 2. The zero-order valence-corrected chi connectivity index (χ0v) is 21.6. The lowest BCUT2D eigenvalue weighted by Crippen LogP contribution is -2.33. The van der Waals surface area contributed by atoms with E-state index in [1.54, 1.807) is 18.2 Å². The third kappa shape index (κ3) is 6.20. The van der Waals surface area contributed by atoms with Gasteiger partial charge >= 0.3 is 0 Å². The summed E-state index contributed by atoms with van der Waals surface area (Å²) in [6, 6.07) is 21.3. The lowest BCUT2D eigenvalue weighted by molar-refractivity contribution is -0.117. The highest BCUT2D eigenvalue weighted by Gasteiger charge is 2.44. The van der Waals surface area contributed by atoms with E-state index in [0.29, 0.717) is 29.3 Å². The van der Waals surface area contributed by atoms with Gasteiger partial charge in [0.25, 0.3) is 5.91 Å². The Morgan fingerprint density at radius 3 is 2.49 bits per heavy atom. The van der Waals surface area contributed by atoms with Crippen LogP contribution in [0.2, 0.25) is 0 Å². The fraction of sp³-hybridized carbons (Fsp3) is 0.355. The summed E-state index contributed by atoms with van der Waals surface area (Å²) in [7, 11) is 0. The quantitative estimate of drug-likeness (QED) is 0.400. The molecule has 2 aliphatic rings. The first-order valence-corrected chi connectivity index (χ1v) is 13.2. The molecule has 6 heteroatoms. The van der Waals surface area contributed by atoms with Crippen LogP contribution in [0.15, 0.2) is 66.7 Å². The molecule has 37 heavy (non-hydrogen) atoms. The van der Waals surface area contributed by atoms with Gasteiger partial charge in [0.1, 0.15) is 5.75 Å². The molecule has 0 unspecified atom stereocenters. The minimum atomic E-state index is -0.152. The molecule has 6 nitrogen and oxygen atoms in total. The fourth-order valence-corrected chi connectivity index (χ4v) is 4.98. The SMILES string of the molecule is Cc1ccc(Oc2ccc(C(=O)NCCN3CCCC3)cc2NC(=O)[C@@H]2C[C@H]2c2ccccc2)cc1C. The number of ether oxygens (including phenoxy) is 1. The Kier molecular flexibility index (Phi) is 7.56. The predicted molar refractivity (Wildman–Crippen MR) is 146 cm³/mol. The Morgan fingerprint density at radius 2 is 1.73 bits per heavy atom. The van der Waals surface area contributed by atoms with Crippen LogP contribution in [0, 0.1) is 19.8 Å². The van der Waals surface area contributed by atoms with Crippen molar-refractivity contribution in [3.63, 3.8) is 0 Å². The van der Waals surface area contributed by atoms with Gasteiger partial charge in [-0.1, -0.05) is 36.4 Å². The molecule has 1 heterocycles. The normalized spacial score (nSPS) is 18.9. The highest BCUT2D eigenvalue weighted by Crippen LogP contribution is 2.48. The standard InChI is InChI=1S/C31H35N3O3/c1-21-10-12-25(18-22(21)2)37-29-13-11-24(30(35)32-14-17-34-15-6-7-16-34)19-28(29)33-31(36)27-20-26(27)23-8-4-3-5-9-23/h3-5,8-13,18-19,26-27H,6-7,14-17,20H2,1-2H3,(H,32,35)(H,33,36)/t26-,27+/m0/s1. The van der Waals surface area contributed by atoms with Crippen LogP contribution < -0.4 is 15.4 Å². The number of nitrogens with one attached hydrogen (secondary N) is 2. The average Bonchev–Trinajstić information content (AvgIpc) is 3.55. The van der Waals surface area contributed by atoms with Crippen LogP contribution in [0.1, 0.15) is 52.2 Å². The Morgan fingerprint density at radius 1 is 0.946 bits per heavy atom. The van der Waals surface area contributed by atoms with Gasteiger partial charge in [0.2, 0.25) is 5.91 Å². The Labute approximate surface area is 219 Å². The smallest absolute Gasteiger partial charge is 0.251 e. The summed E-state index contributed by atoms with van der Waals surface area (Å²) < 4.78 is 6.19. The molecule has 192 valence electrons. The molecule has 2 atom stereocenters. The lowest BCUT2D eigenvalue weighted by Gasteiger charge is -2.16. The van der Waals surface area contributed by atoms with Crippen LogP contribution in [0.3, 0.4) is 0 Å². The van der Waals surface area contributed by atoms with Gasteiger partial charge in [0.15, 0.2) is 5.75 Å². The second-order valence-corrected chi connectivity index (χ2v) is 10.2. The number of anilines is 1. The van der Waals surface area contributed by atoms with Crippen LogP contribution in [0.4, 0.5) is 5.69 Å². The van der Waals surface area contributed by atoms with E-state index in [0.717, 1.165) is 31.6 Å². The molecule has 0 aromatic heterocycles. The number of carbonyl (C=O) groups excluding carboxylic acids is 2. The van der Waals surface area contributed by atoms with Crippen molar-refractivity contribution in [3.05, 3.63) is 89.0 Å². The van der Waals surface area contributed by atoms with Crippen LogP contribution in [-0.2, 0) is 4.79 Å². The van der Waals surface area contributed by atoms with Crippen molar-refractivity contribution in [1.29, 1.82) is 0 Å². The molecule has 0 spiro atoms. The molecule has 1 aliphatic carbocycles. The van der Waals surface area contributed by atoms with Crippen molar-refractivity contribution in [2.24, 2.45) is 5.92 Å². The molecule has 1 aliphatic heterocycles. The number of hydrogen-bond acceptors (Lipinski definition) is 4. The van der Waals surface area contributed by atoms with E-state index in [1.807, 2.05) is 43.3 Å². The minimum Gasteiger partial charge on any atom is -0.455 e. The van der Waals surface area contributed by atoms with E-state index in [2.05, 4.69) is 34.6 Å². The number of benzene rings is 3. The summed E-state index contributed by atoms with van der Waals surface area (Å²) in [6.07, 6.45) is 3.27. The van der Waals surface area contributed by atoms with Crippen LogP contribution in [-0.4, -0.2) is 42.9 Å². The minimum absolute atomic E-state index is 0.0506. The molecule has 0 bridgehead atoms. The predicted octanol–water partition coefficient (Wildman–Crippen LogP) is 5.66. The van der Waals surface area contributed by atoms with E-state index < -0.39 is 0 Å². The average molecular weight is 498 g/mol. The Bertz CT molecular complexity index is 1270. The molecule has 2 amide bonds. The van der Waals surface area contributed by atoms with E-state index in [-0.39, 0.29) is 23.7 Å². The van der Waals surface area contributed by atoms with Crippen molar-refractivity contribution < 1.29 is 14.3 Å². The van der Waals surface area contributed by atoms with Gasteiger partial charge in [-0.25, -0.2) is 0 Å². The van der Waals surface area contributed by atoms with Crippen molar-refractivity contribution in [2.75, 3.05) is 31.5 Å². The van der Waals surface area contributed by atoms with E-state index in [1.165, 1.54) is 24.0 Å². The summed E-state index contributed by atoms with van der Waals surface area (Å²) in [6.45, 7) is 7.75. The highest BCUT2D eigenvalue weighted by molar-refractivity contribution is 6.00. The van der Waals surface area contributed by atoms with Gasteiger partial charge in [0, 0.05) is 24.6 Å². The molecule has 1 saturated heterocycles. The molecular weight excluding hydrogens is 462 g/mol. The fourth-order valence-electron chi connectivity index (χ4n) is 4.98. The van der Waals surface area contributed by atoms with Gasteiger partial charge in [0.05, 0.1) is 5.69 Å². The van der Waals surface area contributed by atoms with Gasteiger partial charge in [-0.15, -0.1) is 0 Å². The van der Waals surface area contributed by atoms with E-state index >= 15 is 0 Å². The van der Waals surface area contributed by atoms with Crippen molar-refractivity contribution >= 4 is 17.5 Å². The molecular formula is C31H35N3O3. The number of carbonyl (C=O) groups is 2. The summed E-state index contributed by atoms with van der Waals surface area (Å²) in [5, 5.41) is 6.08. The van der Waals surface area contributed by atoms with Gasteiger partial charge in [-0.3, -0.25) is 9.59 Å². The topological polar surface area (TPSA) is 70.7 Å². The molecule has 5 rings (SSSR count). The van der Waals surface area contributed by atoms with Crippen molar-refractivity contribution in [3.8, 4) is 11.5 Å². The van der Waals surface area contributed by atoms with Crippen LogP contribution in [0.5, 0.6) is 11.5 Å². The van der Waals surface area contributed by atoms with Crippen LogP contribution in [0.25, 0.3) is 0 Å². The molecule has 3 aromatic rings. The Balaban J connectivity index is 1.31. The van der Waals surface area contributed by atoms with E-state index in [9.17, 15) is 9.59 Å². The molecule has 0 radical (unpaired) electrons. The monoisotopic (exact) mass is 497 g/mol. The van der Waals surface area contributed by atoms with Crippen LogP contribution >= 0.6 is 0 Å². The molecule has 1 saturated carbocycles. The molecule has 3 aromatic carbocycles. The number of amides is 2. The number of nitrogens with zero attached hydrogens (tertiary/aromatic N) is 1. The summed E-state index contributed by atoms with van der Waals surface area (Å²) in [4.78, 5) is 28.5. The summed E-state index contributed by atoms with van der Waals surface area (Å²) in [5.41, 5.74) is 4.50. The first-order chi connectivity index (χ1) is 18.0. The number of rotatable bonds is 9. The molecule has 2 N–H and O–H groups in total. The third-order valence-electron chi connectivity index (χ3n) is 7.47. The van der Waals surface area contributed by atoms with Gasteiger partial charge in [-0.2, -0.15) is 0 Å². The number of likely N-dealkylation sites (tertiary alicyclic amines) is 1. The van der Waals surface area contributed by atoms with Crippen molar-refractivity contribution in [2.45, 2.75) is 39.0 Å². The lowest BCUT2D eigenvalue weighted by atomic mass is 10.1.